The zero-order chi connectivity index (χ0) is 14.8. The molecule has 0 radical (unpaired) electrons. The number of aryl methyl sites for hydroxylation is 1. The number of hydrogen-bond donors (Lipinski definition) is 1. The Balaban J connectivity index is 2.18. The number of ether oxygens (including phenoxy) is 1. The number of carbonyl (C=O) groups is 1. The van der Waals surface area contributed by atoms with Crippen LogP contribution in [0.4, 0.5) is 10.6 Å². The molecule has 2 heterocycles. The minimum atomic E-state index is -0.542. The Hall–Kier alpha value is -2.18. The molecule has 1 amide bonds. The molecular formula is C13H19N5O2. The van der Waals surface area contributed by atoms with E-state index in [1.54, 1.807) is 16.8 Å². The fourth-order valence-electron chi connectivity index (χ4n) is 1.69. The van der Waals surface area contributed by atoms with E-state index in [1.165, 1.54) is 0 Å². The van der Waals surface area contributed by atoms with Crippen molar-refractivity contribution in [2.45, 2.75) is 46.3 Å². The molecule has 0 aromatic carbocycles. The van der Waals surface area contributed by atoms with E-state index in [0.717, 1.165) is 13.0 Å². The molecule has 0 unspecified atom stereocenters. The lowest BCUT2D eigenvalue weighted by molar-refractivity contribution is 0.0635. The number of anilines is 1. The third-order valence-corrected chi connectivity index (χ3v) is 2.42. The molecule has 0 saturated heterocycles. The lowest BCUT2D eigenvalue weighted by atomic mass is 10.2. The molecule has 0 fully saturated rings. The number of amides is 1. The Morgan fingerprint density at radius 3 is 2.80 bits per heavy atom. The summed E-state index contributed by atoms with van der Waals surface area (Å²) in [6.45, 7) is 8.21. The Labute approximate surface area is 117 Å². The molecule has 2 aromatic rings. The molecule has 2 rings (SSSR count). The average Bonchev–Trinajstić information content (AvgIpc) is 2.70. The Morgan fingerprint density at radius 2 is 2.15 bits per heavy atom. The third kappa shape index (κ3) is 3.43. The second kappa shape index (κ2) is 5.44. The van der Waals surface area contributed by atoms with Crippen molar-refractivity contribution in [2.24, 2.45) is 0 Å². The summed E-state index contributed by atoms with van der Waals surface area (Å²) in [5, 5.41) is 10.7. The maximum absolute atomic E-state index is 11.7. The van der Waals surface area contributed by atoms with Crippen LogP contribution in [-0.2, 0) is 11.3 Å². The van der Waals surface area contributed by atoms with Gasteiger partial charge in [0.1, 0.15) is 16.9 Å². The van der Waals surface area contributed by atoms with Gasteiger partial charge in [-0.05, 0) is 39.3 Å². The fraction of sp³-hybridized carbons (Fsp3) is 0.538. The van der Waals surface area contributed by atoms with Gasteiger partial charge in [0, 0.05) is 6.54 Å². The highest BCUT2D eigenvalue weighted by atomic mass is 16.6. The number of nitrogens with zero attached hydrogens (tertiary/aromatic N) is 4. The van der Waals surface area contributed by atoms with Crippen molar-refractivity contribution < 1.29 is 9.53 Å². The van der Waals surface area contributed by atoms with Crippen molar-refractivity contribution in [3.8, 4) is 0 Å². The van der Waals surface area contributed by atoms with Crippen LogP contribution in [0.2, 0.25) is 0 Å². The van der Waals surface area contributed by atoms with Crippen LogP contribution in [0, 0.1) is 0 Å². The number of fused-ring (bicyclic) bond motifs is 1. The van der Waals surface area contributed by atoms with Gasteiger partial charge >= 0.3 is 6.09 Å². The van der Waals surface area contributed by atoms with Gasteiger partial charge in [-0.2, -0.15) is 0 Å². The second-order valence-corrected chi connectivity index (χ2v) is 5.48. The first-order chi connectivity index (χ1) is 9.39. The molecule has 2 aromatic heterocycles. The van der Waals surface area contributed by atoms with Gasteiger partial charge in [0.2, 0.25) is 0 Å². The third-order valence-electron chi connectivity index (χ3n) is 2.42. The summed E-state index contributed by atoms with van der Waals surface area (Å²) in [5.74, 6) is 0.423. The topological polar surface area (TPSA) is 81.9 Å². The Bertz CT molecular complexity index is 615. The molecule has 0 aliphatic rings. The van der Waals surface area contributed by atoms with Crippen molar-refractivity contribution in [2.75, 3.05) is 5.32 Å². The predicted molar refractivity (Wildman–Crippen MR) is 75.5 cm³/mol. The molecule has 0 bridgehead atoms. The molecule has 0 aliphatic heterocycles. The normalized spacial score (nSPS) is 11.6. The van der Waals surface area contributed by atoms with E-state index in [4.69, 9.17) is 4.74 Å². The monoisotopic (exact) mass is 277 g/mol. The van der Waals surface area contributed by atoms with Gasteiger partial charge < -0.3 is 4.74 Å². The van der Waals surface area contributed by atoms with Crippen molar-refractivity contribution in [1.82, 2.24) is 20.0 Å². The number of hydrogen-bond acceptors (Lipinski definition) is 5. The van der Waals surface area contributed by atoms with E-state index >= 15 is 0 Å². The molecule has 0 aliphatic carbocycles. The van der Waals surface area contributed by atoms with Crippen LogP contribution in [0.15, 0.2) is 12.1 Å². The summed E-state index contributed by atoms with van der Waals surface area (Å²) in [5.41, 5.74) is 0.813. The summed E-state index contributed by atoms with van der Waals surface area (Å²) < 4.78 is 6.90. The second-order valence-electron chi connectivity index (χ2n) is 5.48. The zero-order valence-corrected chi connectivity index (χ0v) is 12.2. The van der Waals surface area contributed by atoms with Gasteiger partial charge in [0.25, 0.3) is 0 Å². The molecule has 7 nitrogen and oxygen atoms in total. The maximum atomic E-state index is 11.7. The van der Waals surface area contributed by atoms with Crippen LogP contribution in [0.25, 0.3) is 11.2 Å². The van der Waals surface area contributed by atoms with Gasteiger partial charge in [0.05, 0.1) is 0 Å². The van der Waals surface area contributed by atoms with Crippen LogP contribution in [0.3, 0.4) is 0 Å². The van der Waals surface area contributed by atoms with Crippen molar-refractivity contribution in [3.05, 3.63) is 12.1 Å². The van der Waals surface area contributed by atoms with E-state index in [1.807, 2.05) is 20.8 Å². The smallest absolute Gasteiger partial charge is 0.413 e. The van der Waals surface area contributed by atoms with Crippen LogP contribution in [0.5, 0.6) is 0 Å². The zero-order valence-electron chi connectivity index (χ0n) is 12.2. The molecule has 0 spiro atoms. The lowest BCUT2D eigenvalue weighted by Crippen LogP contribution is -2.27. The van der Waals surface area contributed by atoms with Gasteiger partial charge in [-0.3, -0.25) is 5.32 Å². The van der Waals surface area contributed by atoms with Crippen molar-refractivity contribution in [1.29, 1.82) is 0 Å². The summed E-state index contributed by atoms with van der Waals surface area (Å²) in [6, 6.07) is 3.45. The molecule has 108 valence electrons. The van der Waals surface area contributed by atoms with Crippen LogP contribution in [0.1, 0.15) is 34.1 Å². The van der Waals surface area contributed by atoms with Crippen LogP contribution < -0.4 is 5.32 Å². The largest absolute Gasteiger partial charge is 0.444 e. The fourth-order valence-corrected chi connectivity index (χ4v) is 1.69. The first-order valence-electron chi connectivity index (χ1n) is 6.59. The summed E-state index contributed by atoms with van der Waals surface area (Å²) >= 11 is 0. The lowest BCUT2D eigenvalue weighted by Gasteiger charge is -2.19. The standard InChI is InChI=1S/C13H19N5O2/c1-5-8-18-11-9(16-17-18)6-7-10(14-11)15-12(19)20-13(2,3)4/h6-7H,5,8H2,1-4H3,(H,14,15,19). The quantitative estimate of drug-likeness (QED) is 0.932. The summed E-state index contributed by atoms with van der Waals surface area (Å²) in [6.07, 6.45) is 0.406. The minimum Gasteiger partial charge on any atom is -0.444 e. The molecule has 20 heavy (non-hydrogen) atoms. The van der Waals surface area contributed by atoms with E-state index in [2.05, 4.69) is 27.5 Å². The van der Waals surface area contributed by atoms with Crippen LogP contribution >= 0.6 is 0 Å². The van der Waals surface area contributed by atoms with E-state index in [0.29, 0.717) is 17.0 Å². The van der Waals surface area contributed by atoms with E-state index < -0.39 is 11.7 Å². The van der Waals surface area contributed by atoms with Gasteiger partial charge in [-0.1, -0.05) is 12.1 Å². The van der Waals surface area contributed by atoms with Crippen molar-refractivity contribution >= 4 is 23.1 Å². The number of carbonyl (C=O) groups excluding carboxylic acids is 1. The van der Waals surface area contributed by atoms with Crippen molar-refractivity contribution in [3.63, 3.8) is 0 Å². The molecule has 7 heteroatoms. The van der Waals surface area contributed by atoms with Crippen LogP contribution in [-0.4, -0.2) is 31.7 Å². The summed E-state index contributed by atoms with van der Waals surface area (Å²) in [7, 11) is 0. The minimum absolute atomic E-state index is 0.423. The highest BCUT2D eigenvalue weighted by Crippen LogP contribution is 2.14. The maximum Gasteiger partial charge on any atom is 0.413 e. The Morgan fingerprint density at radius 1 is 1.40 bits per heavy atom. The Kier molecular flexibility index (Phi) is 3.87. The van der Waals surface area contributed by atoms with E-state index in [9.17, 15) is 4.79 Å². The average molecular weight is 277 g/mol. The van der Waals surface area contributed by atoms with Gasteiger partial charge in [-0.25, -0.2) is 14.5 Å². The first-order valence-corrected chi connectivity index (χ1v) is 6.59. The molecule has 1 N–H and O–H groups in total. The highest BCUT2D eigenvalue weighted by molar-refractivity contribution is 5.85. The predicted octanol–water partition coefficient (Wildman–Crippen LogP) is 2.58. The number of pyridine rings is 1. The van der Waals surface area contributed by atoms with E-state index in [-0.39, 0.29) is 0 Å². The SMILES string of the molecule is CCCn1nnc2ccc(NC(=O)OC(C)(C)C)nc21. The first kappa shape index (κ1) is 14.2. The molecular weight excluding hydrogens is 258 g/mol. The summed E-state index contributed by atoms with van der Waals surface area (Å²) in [4.78, 5) is 16.1. The van der Waals surface area contributed by atoms with Gasteiger partial charge in [0.15, 0.2) is 5.65 Å². The molecule has 0 saturated carbocycles. The molecule has 0 atom stereocenters. The number of aromatic nitrogens is 4. The highest BCUT2D eigenvalue weighted by Gasteiger charge is 2.17. The van der Waals surface area contributed by atoms with Gasteiger partial charge in [-0.15, -0.1) is 5.10 Å². The number of nitrogens with one attached hydrogen (secondary N) is 1. The number of rotatable bonds is 3.